The van der Waals surface area contributed by atoms with E-state index in [0.717, 1.165) is 17.6 Å². The van der Waals surface area contributed by atoms with E-state index in [4.69, 9.17) is 4.42 Å². The van der Waals surface area contributed by atoms with E-state index in [0.29, 0.717) is 6.04 Å². The number of hydrogen-bond acceptors (Lipinski definition) is 3. The lowest BCUT2D eigenvalue weighted by Crippen LogP contribution is -2.34. The summed E-state index contributed by atoms with van der Waals surface area (Å²) in [6.45, 7) is 2.98. The van der Waals surface area contributed by atoms with Crippen LogP contribution in [-0.2, 0) is 6.54 Å². The topological polar surface area (TPSA) is 25.2 Å². The fourth-order valence-electron chi connectivity index (χ4n) is 2.37. The average Bonchev–Trinajstić information content (AvgIpc) is 2.72. The van der Waals surface area contributed by atoms with Gasteiger partial charge < -0.3 is 9.73 Å². The normalized spacial score (nSPS) is 25.9. The van der Waals surface area contributed by atoms with E-state index in [1.54, 1.807) is 6.26 Å². The molecule has 1 fully saturated rings. The van der Waals surface area contributed by atoms with Crippen molar-refractivity contribution in [1.29, 1.82) is 0 Å². The molecule has 1 aliphatic rings. The molecule has 1 aliphatic carbocycles. The third-order valence-corrected chi connectivity index (χ3v) is 4.57. The molecule has 1 N–H and O–H groups in total. The molecule has 2 unspecified atom stereocenters. The highest BCUT2D eigenvalue weighted by molar-refractivity contribution is 7.99. The lowest BCUT2D eigenvalue weighted by Gasteiger charge is -2.28. The monoisotopic (exact) mass is 239 g/mol. The summed E-state index contributed by atoms with van der Waals surface area (Å²) in [4.78, 5) is 0. The third-order valence-electron chi connectivity index (χ3n) is 3.48. The molecular weight excluding hydrogens is 218 g/mol. The Labute approximate surface area is 102 Å². The SMILES string of the molecule is CSC1CCCC(NCc2occc2C)C1. The number of hydrogen-bond donors (Lipinski definition) is 1. The van der Waals surface area contributed by atoms with Gasteiger partial charge in [0, 0.05) is 11.3 Å². The molecule has 2 atom stereocenters. The highest BCUT2D eigenvalue weighted by Gasteiger charge is 2.20. The Hall–Kier alpha value is -0.410. The molecule has 0 saturated heterocycles. The van der Waals surface area contributed by atoms with Crippen LogP contribution in [0.1, 0.15) is 37.0 Å². The molecule has 0 aliphatic heterocycles. The molecule has 2 nitrogen and oxygen atoms in total. The van der Waals surface area contributed by atoms with Crippen LogP contribution in [0.2, 0.25) is 0 Å². The molecule has 1 aromatic rings. The second-order valence-electron chi connectivity index (χ2n) is 4.63. The van der Waals surface area contributed by atoms with Crippen molar-refractivity contribution in [2.24, 2.45) is 0 Å². The molecule has 0 bridgehead atoms. The first-order valence-electron chi connectivity index (χ1n) is 6.08. The molecule has 0 radical (unpaired) electrons. The van der Waals surface area contributed by atoms with Crippen LogP contribution in [0.5, 0.6) is 0 Å². The second kappa shape index (κ2) is 5.78. The maximum absolute atomic E-state index is 5.44. The van der Waals surface area contributed by atoms with Gasteiger partial charge in [-0.25, -0.2) is 0 Å². The lowest BCUT2D eigenvalue weighted by molar-refractivity contribution is 0.362. The van der Waals surface area contributed by atoms with Gasteiger partial charge >= 0.3 is 0 Å². The van der Waals surface area contributed by atoms with E-state index in [9.17, 15) is 0 Å². The van der Waals surface area contributed by atoms with Crippen molar-refractivity contribution in [2.75, 3.05) is 6.26 Å². The van der Waals surface area contributed by atoms with E-state index in [2.05, 4.69) is 18.5 Å². The molecule has 1 heterocycles. The minimum atomic E-state index is 0.677. The molecule has 16 heavy (non-hydrogen) atoms. The summed E-state index contributed by atoms with van der Waals surface area (Å²) in [5.41, 5.74) is 1.25. The summed E-state index contributed by atoms with van der Waals surface area (Å²) in [6.07, 6.45) is 9.37. The van der Waals surface area contributed by atoms with Gasteiger partial charge in [-0.3, -0.25) is 0 Å². The minimum Gasteiger partial charge on any atom is -0.468 e. The van der Waals surface area contributed by atoms with E-state index in [-0.39, 0.29) is 0 Å². The number of aryl methyl sites for hydroxylation is 1. The van der Waals surface area contributed by atoms with Gasteiger partial charge in [0.05, 0.1) is 12.8 Å². The summed E-state index contributed by atoms with van der Waals surface area (Å²) in [7, 11) is 0. The number of furan rings is 1. The minimum absolute atomic E-state index is 0.677. The summed E-state index contributed by atoms with van der Waals surface area (Å²) < 4.78 is 5.44. The quantitative estimate of drug-likeness (QED) is 0.872. The number of rotatable bonds is 4. The molecule has 90 valence electrons. The molecule has 2 rings (SSSR count). The van der Waals surface area contributed by atoms with E-state index in [1.807, 2.05) is 17.8 Å². The smallest absolute Gasteiger partial charge is 0.120 e. The largest absolute Gasteiger partial charge is 0.468 e. The molecule has 1 aromatic heterocycles. The maximum atomic E-state index is 5.44. The van der Waals surface area contributed by atoms with Crippen LogP contribution in [0.15, 0.2) is 16.7 Å². The van der Waals surface area contributed by atoms with Crippen LogP contribution in [0.25, 0.3) is 0 Å². The fraction of sp³-hybridized carbons (Fsp3) is 0.692. The zero-order chi connectivity index (χ0) is 11.4. The first-order chi connectivity index (χ1) is 7.79. The molecule has 0 amide bonds. The Morgan fingerprint density at radius 2 is 2.38 bits per heavy atom. The van der Waals surface area contributed by atoms with Crippen molar-refractivity contribution in [3.8, 4) is 0 Å². The summed E-state index contributed by atoms with van der Waals surface area (Å²) in [5.74, 6) is 1.09. The van der Waals surface area contributed by atoms with Gasteiger partial charge in [-0.05, 0) is 44.1 Å². The van der Waals surface area contributed by atoms with Crippen LogP contribution >= 0.6 is 11.8 Å². The molecular formula is C13H21NOS. The van der Waals surface area contributed by atoms with E-state index < -0.39 is 0 Å². The van der Waals surface area contributed by atoms with Gasteiger partial charge in [-0.2, -0.15) is 11.8 Å². The Kier molecular flexibility index (Phi) is 4.36. The van der Waals surface area contributed by atoms with Crippen molar-refractivity contribution in [3.63, 3.8) is 0 Å². The first kappa shape index (κ1) is 12.1. The van der Waals surface area contributed by atoms with Gasteiger partial charge in [0.15, 0.2) is 0 Å². The van der Waals surface area contributed by atoms with Crippen LogP contribution in [0, 0.1) is 6.92 Å². The van der Waals surface area contributed by atoms with Gasteiger partial charge in [0.2, 0.25) is 0 Å². The molecule has 0 aromatic carbocycles. The summed E-state index contributed by atoms with van der Waals surface area (Å²) in [6, 6.07) is 2.71. The summed E-state index contributed by atoms with van der Waals surface area (Å²) in [5, 5.41) is 4.47. The van der Waals surface area contributed by atoms with Crippen LogP contribution in [0.3, 0.4) is 0 Å². The number of nitrogens with one attached hydrogen (secondary N) is 1. The number of thioether (sulfide) groups is 1. The predicted octanol–water partition coefficient (Wildman–Crippen LogP) is 3.35. The Morgan fingerprint density at radius 1 is 1.50 bits per heavy atom. The fourth-order valence-corrected chi connectivity index (χ4v) is 3.19. The van der Waals surface area contributed by atoms with Crippen molar-refractivity contribution < 1.29 is 4.42 Å². The Bertz CT molecular complexity index is 323. The standard InChI is InChI=1S/C13H21NOS/c1-10-6-7-15-13(10)9-14-11-4-3-5-12(8-11)16-2/h6-7,11-12,14H,3-5,8-9H2,1-2H3. The zero-order valence-electron chi connectivity index (χ0n) is 10.2. The molecule has 1 saturated carbocycles. The van der Waals surface area contributed by atoms with Gasteiger partial charge in [-0.1, -0.05) is 6.42 Å². The highest BCUT2D eigenvalue weighted by atomic mass is 32.2. The highest BCUT2D eigenvalue weighted by Crippen LogP contribution is 2.27. The van der Waals surface area contributed by atoms with Crippen molar-refractivity contribution in [3.05, 3.63) is 23.7 Å². The van der Waals surface area contributed by atoms with Crippen LogP contribution in [0.4, 0.5) is 0 Å². The van der Waals surface area contributed by atoms with Crippen molar-refractivity contribution in [1.82, 2.24) is 5.32 Å². The first-order valence-corrected chi connectivity index (χ1v) is 7.37. The predicted molar refractivity (Wildman–Crippen MR) is 69.8 cm³/mol. The second-order valence-corrected chi connectivity index (χ2v) is 5.77. The van der Waals surface area contributed by atoms with Crippen LogP contribution < -0.4 is 5.32 Å². The van der Waals surface area contributed by atoms with Gasteiger partial charge in [-0.15, -0.1) is 0 Å². The average molecular weight is 239 g/mol. The molecule has 0 spiro atoms. The van der Waals surface area contributed by atoms with Crippen molar-refractivity contribution in [2.45, 2.75) is 50.4 Å². The molecule has 3 heteroatoms. The maximum Gasteiger partial charge on any atom is 0.120 e. The zero-order valence-corrected chi connectivity index (χ0v) is 11.0. The van der Waals surface area contributed by atoms with Crippen molar-refractivity contribution >= 4 is 11.8 Å². The third kappa shape index (κ3) is 3.05. The Morgan fingerprint density at radius 3 is 3.06 bits per heavy atom. The lowest BCUT2D eigenvalue weighted by atomic mass is 9.95. The van der Waals surface area contributed by atoms with Crippen LogP contribution in [-0.4, -0.2) is 17.5 Å². The summed E-state index contributed by atoms with van der Waals surface area (Å²) >= 11 is 2.01. The van der Waals surface area contributed by atoms with E-state index in [1.165, 1.54) is 31.2 Å². The Balaban J connectivity index is 1.79. The van der Waals surface area contributed by atoms with E-state index >= 15 is 0 Å². The van der Waals surface area contributed by atoms with Gasteiger partial charge in [0.1, 0.15) is 5.76 Å². The van der Waals surface area contributed by atoms with Gasteiger partial charge in [0.25, 0.3) is 0 Å².